The van der Waals surface area contributed by atoms with Gasteiger partial charge in [0.1, 0.15) is 23.6 Å². The SMILES string of the molecule is CNc1nc(C(C)(C)C)nc(NCC(O)C(N)=O)c1C. The van der Waals surface area contributed by atoms with Crippen LogP contribution in [0.5, 0.6) is 0 Å². The first kappa shape index (κ1) is 16.2. The third-order valence-corrected chi connectivity index (χ3v) is 2.84. The number of nitrogens with two attached hydrogens (primary N) is 1. The fraction of sp³-hybridized carbons (Fsp3) is 0.615. The molecule has 1 unspecified atom stereocenters. The van der Waals surface area contributed by atoms with Crippen LogP contribution in [0.1, 0.15) is 32.2 Å². The van der Waals surface area contributed by atoms with Crippen LogP contribution >= 0.6 is 0 Å². The van der Waals surface area contributed by atoms with E-state index in [0.29, 0.717) is 17.5 Å². The molecule has 0 spiro atoms. The molecule has 1 atom stereocenters. The molecule has 0 saturated heterocycles. The molecule has 112 valence electrons. The van der Waals surface area contributed by atoms with Crippen molar-refractivity contribution in [2.75, 3.05) is 24.2 Å². The number of nitrogens with one attached hydrogen (secondary N) is 2. The summed E-state index contributed by atoms with van der Waals surface area (Å²) in [7, 11) is 1.78. The van der Waals surface area contributed by atoms with Crippen LogP contribution in [-0.4, -0.2) is 40.7 Å². The number of primary amides is 1. The number of carbonyl (C=O) groups is 1. The molecule has 0 aromatic carbocycles. The van der Waals surface area contributed by atoms with Crippen molar-refractivity contribution in [2.24, 2.45) is 5.73 Å². The Morgan fingerprint density at radius 1 is 1.35 bits per heavy atom. The van der Waals surface area contributed by atoms with Gasteiger partial charge in [0, 0.05) is 18.0 Å². The number of rotatable bonds is 5. The second-order valence-electron chi connectivity index (χ2n) is 5.67. The minimum Gasteiger partial charge on any atom is -0.381 e. The van der Waals surface area contributed by atoms with Crippen LogP contribution in [-0.2, 0) is 10.2 Å². The standard InChI is InChI=1S/C13H23N5O2/c1-7-10(15-5)17-12(13(2,3)4)18-11(7)16-6-8(19)9(14)20/h8,19H,6H2,1-5H3,(H2,14,20)(H2,15,16,17,18). The van der Waals surface area contributed by atoms with Gasteiger partial charge in [-0.15, -0.1) is 0 Å². The van der Waals surface area contributed by atoms with E-state index in [1.165, 1.54) is 0 Å². The molecule has 1 aromatic rings. The molecular weight excluding hydrogens is 258 g/mol. The van der Waals surface area contributed by atoms with Crippen LogP contribution in [0.15, 0.2) is 0 Å². The smallest absolute Gasteiger partial charge is 0.248 e. The van der Waals surface area contributed by atoms with Crippen LogP contribution < -0.4 is 16.4 Å². The van der Waals surface area contributed by atoms with Crippen molar-refractivity contribution in [3.63, 3.8) is 0 Å². The maximum atomic E-state index is 10.8. The highest BCUT2D eigenvalue weighted by Gasteiger charge is 2.21. The predicted octanol–water partition coefficient (Wildman–Crippen LogP) is 0.382. The lowest BCUT2D eigenvalue weighted by atomic mass is 9.95. The fourth-order valence-corrected chi connectivity index (χ4v) is 1.56. The van der Waals surface area contributed by atoms with E-state index >= 15 is 0 Å². The van der Waals surface area contributed by atoms with Crippen molar-refractivity contribution in [1.29, 1.82) is 0 Å². The van der Waals surface area contributed by atoms with Crippen LogP contribution in [0.3, 0.4) is 0 Å². The Bertz CT molecular complexity index is 496. The summed E-state index contributed by atoms with van der Waals surface area (Å²) in [5.74, 6) is 1.19. The molecule has 0 saturated carbocycles. The summed E-state index contributed by atoms with van der Waals surface area (Å²) < 4.78 is 0. The molecule has 5 N–H and O–H groups in total. The van der Waals surface area contributed by atoms with Crippen molar-refractivity contribution < 1.29 is 9.90 Å². The molecule has 1 aromatic heterocycles. The number of nitrogens with zero attached hydrogens (tertiary/aromatic N) is 2. The van der Waals surface area contributed by atoms with E-state index in [0.717, 1.165) is 5.56 Å². The van der Waals surface area contributed by atoms with E-state index in [4.69, 9.17) is 5.73 Å². The topological polar surface area (TPSA) is 113 Å². The minimum atomic E-state index is -1.25. The lowest BCUT2D eigenvalue weighted by Crippen LogP contribution is -2.34. The van der Waals surface area contributed by atoms with E-state index in [9.17, 15) is 9.90 Å². The Kier molecular flexibility index (Phi) is 4.88. The molecule has 0 aliphatic rings. The second kappa shape index (κ2) is 6.04. The number of carbonyl (C=O) groups excluding carboxylic acids is 1. The van der Waals surface area contributed by atoms with E-state index < -0.39 is 12.0 Å². The summed E-state index contributed by atoms with van der Waals surface area (Å²) in [4.78, 5) is 19.8. The first-order valence-electron chi connectivity index (χ1n) is 6.45. The highest BCUT2D eigenvalue weighted by molar-refractivity contribution is 5.79. The van der Waals surface area contributed by atoms with Crippen LogP contribution in [0.25, 0.3) is 0 Å². The van der Waals surface area contributed by atoms with Crippen molar-refractivity contribution in [2.45, 2.75) is 39.2 Å². The molecule has 1 amide bonds. The summed E-state index contributed by atoms with van der Waals surface area (Å²) in [6.45, 7) is 7.91. The number of anilines is 2. The van der Waals surface area contributed by atoms with E-state index in [1.54, 1.807) is 7.05 Å². The second-order valence-corrected chi connectivity index (χ2v) is 5.67. The molecule has 0 aliphatic carbocycles. The van der Waals surface area contributed by atoms with E-state index in [2.05, 4.69) is 20.6 Å². The van der Waals surface area contributed by atoms with Gasteiger partial charge in [-0.1, -0.05) is 20.8 Å². The highest BCUT2D eigenvalue weighted by Crippen LogP contribution is 2.25. The van der Waals surface area contributed by atoms with Crippen molar-refractivity contribution in [1.82, 2.24) is 9.97 Å². The number of amides is 1. The number of aliphatic hydroxyl groups is 1. The minimum absolute atomic E-state index is 0.0138. The van der Waals surface area contributed by atoms with Crippen LogP contribution in [0, 0.1) is 6.92 Å². The van der Waals surface area contributed by atoms with Gasteiger partial charge in [0.15, 0.2) is 0 Å². The zero-order chi connectivity index (χ0) is 15.5. The Hall–Kier alpha value is -1.89. The monoisotopic (exact) mass is 281 g/mol. The zero-order valence-corrected chi connectivity index (χ0v) is 12.6. The van der Waals surface area contributed by atoms with Gasteiger partial charge in [0.2, 0.25) is 5.91 Å². The fourth-order valence-electron chi connectivity index (χ4n) is 1.56. The summed E-state index contributed by atoms with van der Waals surface area (Å²) >= 11 is 0. The Morgan fingerprint density at radius 2 is 1.90 bits per heavy atom. The molecule has 0 aliphatic heterocycles. The number of hydrogen-bond donors (Lipinski definition) is 4. The van der Waals surface area contributed by atoms with Gasteiger partial charge >= 0.3 is 0 Å². The molecule has 20 heavy (non-hydrogen) atoms. The summed E-state index contributed by atoms with van der Waals surface area (Å²) in [5, 5.41) is 15.4. The van der Waals surface area contributed by atoms with Crippen LogP contribution in [0.4, 0.5) is 11.6 Å². The number of aliphatic hydroxyl groups excluding tert-OH is 1. The summed E-state index contributed by atoms with van der Waals surface area (Å²) in [6.07, 6.45) is -1.25. The maximum Gasteiger partial charge on any atom is 0.248 e. The maximum absolute atomic E-state index is 10.8. The molecule has 0 radical (unpaired) electrons. The van der Waals surface area contributed by atoms with Gasteiger partial charge < -0.3 is 21.5 Å². The molecule has 1 heterocycles. The third-order valence-electron chi connectivity index (χ3n) is 2.84. The highest BCUT2D eigenvalue weighted by atomic mass is 16.3. The summed E-state index contributed by atoms with van der Waals surface area (Å²) in [5.41, 5.74) is 5.63. The molecule has 7 heteroatoms. The predicted molar refractivity (Wildman–Crippen MR) is 78.7 cm³/mol. The van der Waals surface area contributed by atoms with E-state index in [1.807, 2.05) is 27.7 Å². The summed E-state index contributed by atoms with van der Waals surface area (Å²) in [6, 6.07) is 0. The first-order chi connectivity index (χ1) is 9.16. The van der Waals surface area contributed by atoms with Gasteiger partial charge in [-0.3, -0.25) is 4.79 Å². The first-order valence-corrected chi connectivity index (χ1v) is 6.45. The lowest BCUT2D eigenvalue weighted by Gasteiger charge is -2.21. The van der Waals surface area contributed by atoms with Gasteiger partial charge in [0.25, 0.3) is 0 Å². The van der Waals surface area contributed by atoms with Crippen molar-refractivity contribution in [3.8, 4) is 0 Å². The third kappa shape index (κ3) is 3.80. The number of aromatic nitrogens is 2. The average molecular weight is 281 g/mol. The molecule has 0 fully saturated rings. The Morgan fingerprint density at radius 3 is 2.35 bits per heavy atom. The Balaban J connectivity index is 3.08. The lowest BCUT2D eigenvalue weighted by molar-refractivity contribution is -0.125. The molecule has 0 bridgehead atoms. The van der Waals surface area contributed by atoms with Crippen molar-refractivity contribution in [3.05, 3.63) is 11.4 Å². The average Bonchev–Trinajstić information content (AvgIpc) is 2.35. The largest absolute Gasteiger partial charge is 0.381 e. The van der Waals surface area contributed by atoms with Gasteiger partial charge in [-0.05, 0) is 6.92 Å². The van der Waals surface area contributed by atoms with Crippen molar-refractivity contribution >= 4 is 17.5 Å². The van der Waals surface area contributed by atoms with Crippen LogP contribution in [0.2, 0.25) is 0 Å². The molecular formula is C13H23N5O2. The Labute approximate surface area is 119 Å². The quantitative estimate of drug-likeness (QED) is 0.620. The van der Waals surface area contributed by atoms with E-state index in [-0.39, 0.29) is 12.0 Å². The zero-order valence-electron chi connectivity index (χ0n) is 12.6. The molecule has 1 rings (SSSR count). The van der Waals surface area contributed by atoms with Gasteiger partial charge in [0.05, 0.1) is 6.54 Å². The van der Waals surface area contributed by atoms with Gasteiger partial charge in [-0.25, -0.2) is 9.97 Å². The normalized spacial score (nSPS) is 12.9. The number of hydrogen-bond acceptors (Lipinski definition) is 6. The molecule has 7 nitrogen and oxygen atoms in total. The van der Waals surface area contributed by atoms with Gasteiger partial charge in [-0.2, -0.15) is 0 Å².